The molecule has 1 fully saturated rings. The maximum atomic E-state index is 10.3. The van der Waals surface area contributed by atoms with E-state index in [9.17, 15) is 5.11 Å². The lowest BCUT2D eigenvalue weighted by Gasteiger charge is -2.23. The van der Waals surface area contributed by atoms with Crippen molar-refractivity contribution in [3.8, 4) is 0 Å². The zero-order chi connectivity index (χ0) is 13.1. The normalized spacial score (nSPS) is 18.7. The fourth-order valence-electron chi connectivity index (χ4n) is 2.21. The third kappa shape index (κ3) is 3.70. The molecular weight excluding hydrogens is 316 g/mol. The van der Waals surface area contributed by atoms with Gasteiger partial charge in [0.25, 0.3) is 0 Å². The van der Waals surface area contributed by atoms with Crippen molar-refractivity contribution in [3.63, 3.8) is 0 Å². The highest BCUT2D eigenvalue weighted by atomic mass is 79.9. The highest BCUT2D eigenvalue weighted by molar-refractivity contribution is 9.10. The third-order valence-electron chi connectivity index (χ3n) is 3.27. The molecule has 100 valence electrons. The van der Waals surface area contributed by atoms with Gasteiger partial charge in [-0.05, 0) is 43.4 Å². The van der Waals surface area contributed by atoms with Crippen LogP contribution in [-0.2, 0) is 11.2 Å². The van der Waals surface area contributed by atoms with Crippen LogP contribution in [0.3, 0.4) is 0 Å². The summed E-state index contributed by atoms with van der Waals surface area (Å²) in [5, 5.41) is 11.0. The minimum absolute atomic E-state index is 0.0466. The zero-order valence-corrected chi connectivity index (χ0v) is 12.7. The fraction of sp³-hybridized carbons (Fsp3) is 0.571. The Hall–Kier alpha value is -0.0900. The minimum Gasteiger partial charge on any atom is -0.390 e. The molecule has 0 saturated heterocycles. The predicted octanol–water partition coefficient (Wildman–Crippen LogP) is 3.82. The molecule has 18 heavy (non-hydrogen) atoms. The lowest BCUT2D eigenvalue weighted by atomic mass is 10.0. The second-order valence-electron chi connectivity index (χ2n) is 4.76. The highest BCUT2D eigenvalue weighted by Gasteiger charge is 2.36. The maximum absolute atomic E-state index is 10.3. The Balaban J connectivity index is 2.02. The predicted molar refractivity (Wildman–Crippen MR) is 77.0 cm³/mol. The van der Waals surface area contributed by atoms with Crippen molar-refractivity contribution in [3.05, 3.63) is 33.3 Å². The minimum atomic E-state index is -0.476. The van der Waals surface area contributed by atoms with Gasteiger partial charge < -0.3 is 9.84 Å². The number of rotatable bonds is 6. The Morgan fingerprint density at radius 1 is 1.50 bits per heavy atom. The van der Waals surface area contributed by atoms with Gasteiger partial charge in [0.15, 0.2) is 0 Å². The summed E-state index contributed by atoms with van der Waals surface area (Å²) in [6.45, 7) is 2.61. The van der Waals surface area contributed by atoms with Crippen molar-refractivity contribution in [1.29, 1.82) is 0 Å². The molecule has 0 heterocycles. The molecule has 2 rings (SSSR count). The highest BCUT2D eigenvalue weighted by Crippen LogP contribution is 2.37. The lowest BCUT2D eigenvalue weighted by molar-refractivity contribution is -0.0439. The van der Waals surface area contributed by atoms with Gasteiger partial charge in [-0.25, -0.2) is 0 Å². The Bertz CT molecular complexity index is 407. The van der Waals surface area contributed by atoms with Crippen LogP contribution in [0.2, 0.25) is 5.02 Å². The molecule has 0 bridgehead atoms. The smallest absolute Gasteiger partial charge is 0.0865 e. The SMILES string of the molecule is CCOC(C(O)Cc1ccc(Br)cc1Cl)C1CC1. The molecule has 2 atom stereocenters. The average molecular weight is 334 g/mol. The Morgan fingerprint density at radius 2 is 2.22 bits per heavy atom. The Kier molecular flexibility index (Phi) is 5.07. The molecule has 1 aliphatic carbocycles. The number of halogens is 2. The topological polar surface area (TPSA) is 29.5 Å². The number of ether oxygens (including phenoxy) is 1. The molecule has 2 nitrogen and oxygen atoms in total. The van der Waals surface area contributed by atoms with E-state index in [0.29, 0.717) is 24.0 Å². The van der Waals surface area contributed by atoms with E-state index in [2.05, 4.69) is 15.9 Å². The molecule has 1 aromatic rings. The number of benzene rings is 1. The Labute approximate surface area is 121 Å². The lowest BCUT2D eigenvalue weighted by Crippen LogP contribution is -2.33. The van der Waals surface area contributed by atoms with Crippen molar-refractivity contribution in [1.82, 2.24) is 0 Å². The number of hydrogen-bond acceptors (Lipinski definition) is 2. The van der Waals surface area contributed by atoms with Crippen LogP contribution in [0.5, 0.6) is 0 Å². The molecule has 2 unspecified atom stereocenters. The molecule has 0 aliphatic heterocycles. The first-order chi connectivity index (χ1) is 8.61. The van der Waals surface area contributed by atoms with Crippen LogP contribution >= 0.6 is 27.5 Å². The van der Waals surface area contributed by atoms with Crippen molar-refractivity contribution in [2.45, 2.75) is 38.4 Å². The average Bonchev–Trinajstić information content (AvgIpc) is 3.13. The first kappa shape index (κ1) is 14.3. The van der Waals surface area contributed by atoms with Gasteiger partial charge in [-0.15, -0.1) is 0 Å². The maximum Gasteiger partial charge on any atom is 0.0865 e. The molecule has 1 saturated carbocycles. The van der Waals surface area contributed by atoms with Crippen LogP contribution < -0.4 is 0 Å². The van der Waals surface area contributed by atoms with E-state index in [1.807, 2.05) is 25.1 Å². The van der Waals surface area contributed by atoms with E-state index < -0.39 is 6.10 Å². The monoisotopic (exact) mass is 332 g/mol. The van der Waals surface area contributed by atoms with Crippen LogP contribution in [-0.4, -0.2) is 23.9 Å². The van der Waals surface area contributed by atoms with Crippen molar-refractivity contribution in [2.75, 3.05) is 6.61 Å². The molecule has 0 spiro atoms. The number of aliphatic hydroxyl groups excluding tert-OH is 1. The van der Waals surface area contributed by atoms with Gasteiger partial charge >= 0.3 is 0 Å². The summed E-state index contributed by atoms with van der Waals surface area (Å²) in [5.74, 6) is 0.522. The standard InChI is InChI=1S/C14H18BrClO2/c1-2-18-14(9-3-4-9)13(17)7-10-5-6-11(15)8-12(10)16/h5-6,8-9,13-14,17H,2-4,7H2,1H3. The van der Waals surface area contributed by atoms with Gasteiger partial charge in [-0.2, -0.15) is 0 Å². The number of aliphatic hydroxyl groups is 1. The molecule has 1 aromatic carbocycles. The molecule has 0 aromatic heterocycles. The van der Waals surface area contributed by atoms with E-state index >= 15 is 0 Å². The molecular formula is C14H18BrClO2. The van der Waals surface area contributed by atoms with Gasteiger partial charge in [0.1, 0.15) is 0 Å². The van der Waals surface area contributed by atoms with Gasteiger partial charge in [-0.1, -0.05) is 33.6 Å². The van der Waals surface area contributed by atoms with Crippen LogP contribution in [0.4, 0.5) is 0 Å². The molecule has 0 amide bonds. The van der Waals surface area contributed by atoms with Gasteiger partial charge in [0, 0.05) is 22.5 Å². The summed E-state index contributed by atoms with van der Waals surface area (Å²) in [5.41, 5.74) is 0.970. The first-order valence-electron chi connectivity index (χ1n) is 6.35. The van der Waals surface area contributed by atoms with E-state index in [4.69, 9.17) is 16.3 Å². The third-order valence-corrected chi connectivity index (χ3v) is 4.11. The zero-order valence-electron chi connectivity index (χ0n) is 10.4. The van der Waals surface area contributed by atoms with Crippen LogP contribution in [0.25, 0.3) is 0 Å². The summed E-state index contributed by atoms with van der Waals surface area (Å²) in [7, 11) is 0. The van der Waals surface area contributed by atoms with Crippen LogP contribution in [0.15, 0.2) is 22.7 Å². The van der Waals surface area contributed by atoms with E-state index in [1.54, 1.807) is 0 Å². The quantitative estimate of drug-likeness (QED) is 0.857. The van der Waals surface area contributed by atoms with Gasteiger partial charge in [0.2, 0.25) is 0 Å². The summed E-state index contributed by atoms with van der Waals surface area (Å²) < 4.78 is 6.61. The Morgan fingerprint density at radius 3 is 2.78 bits per heavy atom. The van der Waals surface area contributed by atoms with Crippen LogP contribution in [0, 0.1) is 5.92 Å². The summed E-state index contributed by atoms with van der Waals surface area (Å²) in [4.78, 5) is 0. The van der Waals surface area contributed by atoms with Gasteiger partial charge in [0.05, 0.1) is 12.2 Å². The summed E-state index contributed by atoms with van der Waals surface area (Å²) in [6, 6.07) is 5.75. The van der Waals surface area contributed by atoms with E-state index in [1.165, 1.54) is 0 Å². The molecule has 1 N–H and O–H groups in total. The largest absolute Gasteiger partial charge is 0.390 e. The number of hydrogen-bond donors (Lipinski definition) is 1. The van der Waals surface area contributed by atoms with E-state index in [-0.39, 0.29) is 6.10 Å². The van der Waals surface area contributed by atoms with Crippen molar-refractivity contribution >= 4 is 27.5 Å². The molecule has 1 aliphatic rings. The second-order valence-corrected chi connectivity index (χ2v) is 6.09. The summed E-state index contributed by atoms with van der Waals surface area (Å²) >= 11 is 9.55. The fourth-order valence-corrected chi connectivity index (χ4v) is 2.96. The van der Waals surface area contributed by atoms with Gasteiger partial charge in [-0.3, -0.25) is 0 Å². The van der Waals surface area contributed by atoms with E-state index in [0.717, 1.165) is 22.9 Å². The second kappa shape index (κ2) is 6.38. The summed E-state index contributed by atoms with van der Waals surface area (Å²) in [6.07, 6.45) is 2.35. The molecule has 0 radical (unpaired) electrons. The van der Waals surface area contributed by atoms with Crippen molar-refractivity contribution < 1.29 is 9.84 Å². The van der Waals surface area contributed by atoms with Crippen molar-refractivity contribution in [2.24, 2.45) is 5.92 Å². The molecule has 4 heteroatoms. The first-order valence-corrected chi connectivity index (χ1v) is 7.52. The van der Waals surface area contributed by atoms with Crippen LogP contribution in [0.1, 0.15) is 25.3 Å².